The van der Waals surface area contributed by atoms with E-state index in [-0.39, 0.29) is 24.2 Å². The molecule has 2 aromatic carbocycles. The highest BCUT2D eigenvalue weighted by molar-refractivity contribution is 6.30. The standard InChI is InChI=1S/C21H22ClFN2O2/c1-21(20(27)24-13-15-5-2-8-18(23)11-15)9-4-10-25(14-21)19(26)16-6-3-7-17(22)12-16/h2-3,5-8,11-12H,4,9-10,13-14H2,1H3,(H,24,27)/t21-/m0/s1. The summed E-state index contributed by atoms with van der Waals surface area (Å²) in [4.78, 5) is 27.3. The number of piperidine rings is 1. The summed E-state index contributed by atoms with van der Waals surface area (Å²) >= 11 is 5.98. The highest BCUT2D eigenvalue weighted by atomic mass is 35.5. The Balaban J connectivity index is 1.66. The third kappa shape index (κ3) is 4.66. The molecule has 1 N–H and O–H groups in total. The van der Waals surface area contributed by atoms with E-state index in [0.29, 0.717) is 35.7 Å². The second kappa shape index (κ2) is 8.09. The fraction of sp³-hybridized carbons (Fsp3) is 0.333. The van der Waals surface area contributed by atoms with Crippen molar-refractivity contribution in [1.82, 2.24) is 10.2 Å². The van der Waals surface area contributed by atoms with Crippen LogP contribution in [0.5, 0.6) is 0 Å². The molecule has 1 fully saturated rings. The lowest BCUT2D eigenvalue weighted by Gasteiger charge is -2.39. The average molecular weight is 389 g/mol. The van der Waals surface area contributed by atoms with E-state index in [1.807, 2.05) is 6.92 Å². The van der Waals surface area contributed by atoms with E-state index in [9.17, 15) is 14.0 Å². The van der Waals surface area contributed by atoms with Crippen molar-refractivity contribution in [2.75, 3.05) is 13.1 Å². The van der Waals surface area contributed by atoms with Gasteiger partial charge in [0.05, 0.1) is 5.41 Å². The maximum Gasteiger partial charge on any atom is 0.253 e. The third-order valence-electron chi connectivity index (χ3n) is 4.95. The van der Waals surface area contributed by atoms with Crippen LogP contribution in [0.3, 0.4) is 0 Å². The van der Waals surface area contributed by atoms with Gasteiger partial charge in [0.25, 0.3) is 5.91 Å². The number of likely N-dealkylation sites (tertiary alicyclic amines) is 1. The monoisotopic (exact) mass is 388 g/mol. The molecule has 2 amide bonds. The zero-order chi connectivity index (χ0) is 19.4. The minimum atomic E-state index is -0.681. The first kappa shape index (κ1) is 19.4. The highest BCUT2D eigenvalue weighted by Gasteiger charge is 2.39. The summed E-state index contributed by atoms with van der Waals surface area (Å²) < 4.78 is 13.3. The normalized spacial score (nSPS) is 19.6. The number of carbonyl (C=O) groups excluding carboxylic acids is 2. The van der Waals surface area contributed by atoms with Gasteiger partial charge in [0, 0.05) is 30.2 Å². The van der Waals surface area contributed by atoms with Crippen LogP contribution in [0, 0.1) is 11.2 Å². The molecule has 0 bridgehead atoms. The van der Waals surface area contributed by atoms with Crippen LogP contribution in [-0.4, -0.2) is 29.8 Å². The maximum absolute atomic E-state index is 13.3. The van der Waals surface area contributed by atoms with Gasteiger partial charge in [0.15, 0.2) is 0 Å². The summed E-state index contributed by atoms with van der Waals surface area (Å²) in [6.45, 7) is 3.07. The molecular weight excluding hydrogens is 367 g/mol. The van der Waals surface area contributed by atoms with E-state index >= 15 is 0 Å². The lowest BCUT2D eigenvalue weighted by Crippen LogP contribution is -2.51. The van der Waals surface area contributed by atoms with Crippen LogP contribution < -0.4 is 5.32 Å². The molecule has 0 radical (unpaired) electrons. The van der Waals surface area contributed by atoms with Crippen LogP contribution in [0.4, 0.5) is 4.39 Å². The molecule has 2 aromatic rings. The molecule has 1 heterocycles. The molecule has 142 valence electrons. The van der Waals surface area contributed by atoms with Crippen molar-refractivity contribution < 1.29 is 14.0 Å². The van der Waals surface area contributed by atoms with Crippen LogP contribution in [0.2, 0.25) is 5.02 Å². The Kier molecular flexibility index (Phi) is 5.80. The number of hydrogen-bond acceptors (Lipinski definition) is 2. The van der Waals surface area contributed by atoms with Crippen molar-refractivity contribution in [2.45, 2.75) is 26.3 Å². The number of nitrogens with one attached hydrogen (secondary N) is 1. The van der Waals surface area contributed by atoms with Crippen molar-refractivity contribution in [1.29, 1.82) is 0 Å². The minimum Gasteiger partial charge on any atom is -0.351 e. The van der Waals surface area contributed by atoms with Gasteiger partial charge in [0.1, 0.15) is 5.82 Å². The van der Waals surface area contributed by atoms with E-state index in [0.717, 1.165) is 6.42 Å². The predicted molar refractivity (Wildman–Crippen MR) is 103 cm³/mol. The average Bonchev–Trinajstić information content (AvgIpc) is 2.65. The molecule has 0 aromatic heterocycles. The number of carbonyl (C=O) groups is 2. The van der Waals surface area contributed by atoms with Crippen LogP contribution in [-0.2, 0) is 11.3 Å². The summed E-state index contributed by atoms with van der Waals surface area (Å²) in [5, 5.41) is 3.39. The molecule has 6 heteroatoms. The summed E-state index contributed by atoms with van der Waals surface area (Å²) in [5.41, 5.74) is 0.543. The zero-order valence-corrected chi connectivity index (χ0v) is 15.9. The molecular formula is C21H22ClFN2O2. The summed E-state index contributed by atoms with van der Waals surface area (Å²) in [6, 6.07) is 13.0. The van der Waals surface area contributed by atoms with Crippen LogP contribution >= 0.6 is 11.6 Å². The zero-order valence-electron chi connectivity index (χ0n) is 15.2. The second-order valence-electron chi connectivity index (χ2n) is 7.21. The smallest absolute Gasteiger partial charge is 0.253 e. The van der Waals surface area contributed by atoms with Gasteiger partial charge >= 0.3 is 0 Å². The van der Waals surface area contributed by atoms with Gasteiger partial charge in [0.2, 0.25) is 5.91 Å². The first-order valence-corrected chi connectivity index (χ1v) is 9.33. The summed E-state index contributed by atoms with van der Waals surface area (Å²) in [7, 11) is 0. The van der Waals surface area contributed by atoms with Gasteiger partial charge < -0.3 is 10.2 Å². The van der Waals surface area contributed by atoms with E-state index in [4.69, 9.17) is 11.6 Å². The third-order valence-corrected chi connectivity index (χ3v) is 5.18. The lowest BCUT2D eigenvalue weighted by atomic mass is 9.80. The van der Waals surface area contributed by atoms with E-state index in [1.165, 1.54) is 12.1 Å². The number of rotatable bonds is 4. The molecule has 1 saturated heterocycles. The first-order chi connectivity index (χ1) is 12.9. The number of nitrogens with zero attached hydrogens (tertiary/aromatic N) is 1. The topological polar surface area (TPSA) is 49.4 Å². The number of benzene rings is 2. The molecule has 1 aliphatic rings. The van der Waals surface area contributed by atoms with Gasteiger partial charge in [-0.15, -0.1) is 0 Å². The first-order valence-electron chi connectivity index (χ1n) is 8.95. The Morgan fingerprint density at radius 1 is 1.22 bits per heavy atom. The van der Waals surface area contributed by atoms with E-state index < -0.39 is 5.41 Å². The molecule has 1 aliphatic heterocycles. The van der Waals surface area contributed by atoms with Crippen LogP contribution in [0.15, 0.2) is 48.5 Å². The van der Waals surface area contributed by atoms with Gasteiger partial charge in [-0.3, -0.25) is 9.59 Å². The Morgan fingerprint density at radius 3 is 2.74 bits per heavy atom. The molecule has 0 saturated carbocycles. The van der Waals surface area contributed by atoms with Crippen molar-refractivity contribution in [3.05, 3.63) is 70.5 Å². The molecule has 4 nitrogen and oxygen atoms in total. The van der Waals surface area contributed by atoms with Crippen LogP contribution in [0.25, 0.3) is 0 Å². The van der Waals surface area contributed by atoms with Gasteiger partial charge in [-0.25, -0.2) is 4.39 Å². The SMILES string of the molecule is C[C@]1(C(=O)NCc2cccc(F)c2)CCCN(C(=O)c2cccc(Cl)c2)C1. The fourth-order valence-electron chi connectivity index (χ4n) is 3.44. The molecule has 0 spiro atoms. The van der Waals surface area contributed by atoms with E-state index in [1.54, 1.807) is 41.3 Å². The predicted octanol–water partition coefficient (Wildman–Crippen LogP) is 4.04. The minimum absolute atomic E-state index is 0.124. The van der Waals surface area contributed by atoms with Crippen molar-refractivity contribution in [3.8, 4) is 0 Å². The molecule has 3 rings (SSSR count). The molecule has 1 atom stereocenters. The molecule has 27 heavy (non-hydrogen) atoms. The van der Waals surface area contributed by atoms with Gasteiger partial charge in [-0.05, 0) is 55.7 Å². The van der Waals surface area contributed by atoms with E-state index in [2.05, 4.69) is 5.32 Å². The van der Waals surface area contributed by atoms with Crippen molar-refractivity contribution in [2.24, 2.45) is 5.41 Å². The van der Waals surface area contributed by atoms with Gasteiger partial charge in [-0.1, -0.05) is 29.8 Å². The fourth-order valence-corrected chi connectivity index (χ4v) is 3.64. The number of halogens is 2. The Bertz CT molecular complexity index is 858. The second-order valence-corrected chi connectivity index (χ2v) is 7.65. The van der Waals surface area contributed by atoms with Gasteiger partial charge in [-0.2, -0.15) is 0 Å². The number of hydrogen-bond donors (Lipinski definition) is 1. The highest BCUT2D eigenvalue weighted by Crippen LogP contribution is 2.31. The number of amides is 2. The molecule has 0 aliphatic carbocycles. The summed E-state index contributed by atoms with van der Waals surface area (Å²) in [5.74, 6) is -0.583. The summed E-state index contributed by atoms with van der Waals surface area (Å²) in [6.07, 6.45) is 1.44. The van der Waals surface area contributed by atoms with Crippen LogP contribution in [0.1, 0.15) is 35.7 Å². The Hall–Kier alpha value is -2.40. The Morgan fingerprint density at radius 2 is 2.00 bits per heavy atom. The lowest BCUT2D eigenvalue weighted by molar-refractivity contribution is -0.132. The maximum atomic E-state index is 13.3. The van der Waals surface area contributed by atoms with Crippen molar-refractivity contribution >= 4 is 23.4 Å². The quantitative estimate of drug-likeness (QED) is 0.859. The Labute approximate surface area is 163 Å². The van der Waals surface area contributed by atoms with Crippen molar-refractivity contribution in [3.63, 3.8) is 0 Å². The molecule has 0 unspecified atom stereocenters. The largest absolute Gasteiger partial charge is 0.351 e.